The number of rotatable bonds is 7. The second-order valence-electron chi connectivity index (χ2n) is 9.46. The Balaban J connectivity index is 1.38. The molecule has 2 aliphatic rings. The summed E-state index contributed by atoms with van der Waals surface area (Å²) in [5, 5.41) is 8.36. The van der Waals surface area contributed by atoms with E-state index in [1.54, 1.807) is 11.8 Å². The fourth-order valence-electron chi connectivity index (χ4n) is 4.46. The Bertz CT molecular complexity index is 1140. The molecule has 2 aromatic heterocycles. The molecule has 0 unspecified atom stereocenters. The van der Waals surface area contributed by atoms with Crippen LogP contribution in [-0.2, 0) is 4.74 Å². The van der Waals surface area contributed by atoms with Gasteiger partial charge >= 0.3 is 12.1 Å². The number of anilines is 3. The molecule has 2 aromatic rings. The molecule has 0 radical (unpaired) electrons. The summed E-state index contributed by atoms with van der Waals surface area (Å²) in [6.07, 6.45) is 4.09. The van der Waals surface area contributed by atoms with Crippen LogP contribution >= 0.6 is 0 Å². The first-order chi connectivity index (χ1) is 18.6. The van der Waals surface area contributed by atoms with Gasteiger partial charge in [0.05, 0.1) is 19.0 Å². The molecule has 0 aromatic carbocycles. The van der Waals surface area contributed by atoms with E-state index in [-0.39, 0.29) is 48.7 Å². The number of hydrogen-bond donors (Lipinski definition) is 3. The standard InChI is InChI=1S/C24H33F2N9O4/c1-4-38-20-13-29-19(12-30-20)32-22(36)34(3)17-14-35(10-7-24(17,25)26)21-28-9-6-18(31-21)33-23(37)39-16-5-8-27-15(2)11-16/h6,9,12-13,15-17,27H,4-5,7-8,10-11,14H2,1-3H3,(H,29,32,36)(H,28,31,33,37)/t15-,16+,17+/m1/s1. The van der Waals surface area contributed by atoms with Crippen LogP contribution in [0.15, 0.2) is 24.7 Å². The highest BCUT2D eigenvalue weighted by atomic mass is 19.3. The van der Waals surface area contributed by atoms with Crippen molar-refractivity contribution in [1.82, 2.24) is 30.2 Å². The first-order valence-corrected chi connectivity index (χ1v) is 12.8. The number of nitrogens with one attached hydrogen (secondary N) is 3. The highest BCUT2D eigenvalue weighted by Gasteiger charge is 2.48. The number of amides is 3. The van der Waals surface area contributed by atoms with Gasteiger partial charge in [0.15, 0.2) is 5.82 Å². The second-order valence-corrected chi connectivity index (χ2v) is 9.46. The summed E-state index contributed by atoms with van der Waals surface area (Å²) in [5.41, 5.74) is 0. The van der Waals surface area contributed by atoms with Gasteiger partial charge in [0.2, 0.25) is 11.8 Å². The van der Waals surface area contributed by atoms with Crippen molar-refractivity contribution >= 4 is 29.7 Å². The number of hydrogen-bond acceptors (Lipinski definition) is 10. The Kier molecular flexibility index (Phi) is 8.89. The van der Waals surface area contributed by atoms with Crippen molar-refractivity contribution in [1.29, 1.82) is 0 Å². The Hall–Kier alpha value is -3.88. The quantitative estimate of drug-likeness (QED) is 0.471. The van der Waals surface area contributed by atoms with Gasteiger partial charge in [0.25, 0.3) is 5.92 Å². The molecule has 212 valence electrons. The number of likely N-dealkylation sites (N-methyl/N-ethyl adjacent to an activating group) is 1. The Labute approximate surface area is 224 Å². The number of piperidine rings is 2. The lowest BCUT2D eigenvalue weighted by atomic mass is 10.00. The van der Waals surface area contributed by atoms with E-state index in [2.05, 4.69) is 35.9 Å². The predicted octanol–water partition coefficient (Wildman–Crippen LogP) is 2.73. The lowest BCUT2D eigenvalue weighted by Gasteiger charge is -2.42. The van der Waals surface area contributed by atoms with Crippen molar-refractivity contribution in [3.8, 4) is 5.88 Å². The van der Waals surface area contributed by atoms with Crippen molar-refractivity contribution in [2.45, 2.75) is 57.2 Å². The normalized spacial score (nSPS) is 22.5. The monoisotopic (exact) mass is 549 g/mol. The molecule has 0 aliphatic carbocycles. The largest absolute Gasteiger partial charge is 0.477 e. The third-order valence-electron chi connectivity index (χ3n) is 6.54. The topological polar surface area (TPSA) is 147 Å². The molecule has 4 rings (SSSR count). The minimum absolute atomic E-state index is 0.0375. The number of alkyl halides is 2. The number of nitrogens with zero attached hydrogens (tertiary/aromatic N) is 6. The van der Waals surface area contributed by atoms with Crippen LogP contribution in [0.25, 0.3) is 0 Å². The van der Waals surface area contributed by atoms with Crippen LogP contribution < -0.4 is 25.6 Å². The third kappa shape index (κ3) is 7.37. The number of halogens is 2. The van der Waals surface area contributed by atoms with Gasteiger partial charge in [-0.2, -0.15) is 4.98 Å². The van der Waals surface area contributed by atoms with Gasteiger partial charge in [-0.3, -0.25) is 10.6 Å². The smallest absolute Gasteiger partial charge is 0.413 e. The fraction of sp³-hybridized carbons (Fsp3) is 0.583. The van der Waals surface area contributed by atoms with E-state index < -0.39 is 30.5 Å². The average Bonchev–Trinajstić information content (AvgIpc) is 2.89. The zero-order chi connectivity index (χ0) is 28.0. The van der Waals surface area contributed by atoms with E-state index in [0.717, 1.165) is 11.4 Å². The van der Waals surface area contributed by atoms with Gasteiger partial charge in [-0.15, -0.1) is 0 Å². The molecule has 15 heteroatoms. The van der Waals surface area contributed by atoms with Crippen molar-refractivity contribution < 1.29 is 27.8 Å². The average molecular weight is 550 g/mol. The highest BCUT2D eigenvalue weighted by Crippen LogP contribution is 2.33. The summed E-state index contributed by atoms with van der Waals surface area (Å²) >= 11 is 0. The van der Waals surface area contributed by atoms with E-state index in [9.17, 15) is 18.4 Å². The Morgan fingerprint density at radius 2 is 2.05 bits per heavy atom. The van der Waals surface area contributed by atoms with Crippen LogP contribution in [-0.4, -0.2) is 94.4 Å². The molecule has 2 aliphatic heterocycles. The molecule has 3 atom stereocenters. The molecule has 3 amide bonds. The molecule has 0 saturated carbocycles. The molecular formula is C24H33F2N9O4. The van der Waals surface area contributed by atoms with Gasteiger partial charge in [-0.1, -0.05) is 0 Å². The zero-order valence-electron chi connectivity index (χ0n) is 22.1. The third-order valence-corrected chi connectivity index (χ3v) is 6.54. The molecule has 0 spiro atoms. The summed E-state index contributed by atoms with van der Waals surface area (Å²) in [6, 6.07) is -0.509. The minimum Gasteiger partial charge on any atom is -0.477 e. The van der Waals surface area contributed by atoms with Crippen molar-refractivity contribution in [2.75, 3.05) is 48.8 Å². The lowest BCUT2D eigenvalue weighted by Crippen LogP contribution is -2.60. The van der Waals surface area contributed by atoms with Crippen molar-refractivity contribution in [3.63, 3.8) is 0 Å². The summed E-state index contributed by atoms with van der Waals surface area (Å²) in [7, 11) is 1.29. The maximum atomic E-state index is 14.9. The second kappa shape index (κ2) is 12.3. The van der Waals surface area contributed by atoms with Crippen molar-refractivity contribution in [3.05, 3.63) is 24.7 Å². The minimum atomic E-state index is -3.15. The van der Waals surface area contributed by atoms with Crippen molar-refractivity contribution in [2.24, 2.45) is 0 Å². The zero-order valence-corrected chi connectivity index (χ0v) is 22.1. The van der Waals surface area contributed by atoms with E-state index in [1.165, 1.54) is 31.7 Å². The predicted molar refractivity (Wildman–Crippen MR) is 138 cm³/mol. The van der Waals surface area contributed by atoms with E-state index in [1.807, 2.05) is 6.92 Å². The molecular weight excluding hydrogens is 516 g/mol. The number of carbonyl (C=O) groups is 2. The number of carbonyl (C=O) groups excluding carboxylic acids is 2. The summed E-state index contributed by atoms with van der Waals surface area (Å²) in [5.74, 6) is -2.45. The molecule has 0 bridgehead atoms. The van der Waals surface area contributed by atoms with Crippen LogP contribution in [0.1, 0.15) is 33.1 Å². The number of urea groups is 1. The maximum absolute atomic E-state index is 14.9. The molecule has 39 heavy (non-hydrogen) atoms. The lowest BCUT2D eigenvalue weighted by molar-refractivity contribution is -0.0760. The van der Waals surface area contributed by atoms with Gasteiger partial charge in [0, 0.05) is 38.8 Å². The maximum Gasteiger partial charge on any atom is 0.413 e. The number of aromatic nitrogens is 4. The first-order valence-electron chi connectivity index (χ1n) is 12.8. The van der Waals surface area contributed by atoms with Gasteiger partial charge in [-0.25, -0.2) is 33.3 Å². The van der Waals surface area contributed by atoms with Gasteiger partial charge in [0.1, 0.15) is 18.0 Å². The van der Waals surface area contributed by atoms with Gasteiger partial charge < -0.3 is 24.6 Å². The molecule has 2 fully saturated rings. The van der Waals surface area contributed by atoms with Crippen LogP contribution in [0.2, 0.25) is 0 Å². The van der Waals surface area contributed by atoms with Crippen LogP contribution in [0.3, 0.4) is 0 Å². The highest BCUT2D eigenvalue weighted by molar-refractivity contribution is 5.88. The Morgan fingerprint density at radius 3 is 2.77 bits per heavy atom. The summed E-state index contributed by atoms with van der Waals surface area (Å²) < 4.78 is 40.6. The Morgan fingerprint density at radius 1 is 1.23 bits per heavy atom. The van der Waals surface area contributed by atoms with Crippen LogP contribution in [0, 0.1) is 0 Å². The molecule has 2 saturated heterocycles. The van der Waals surface area contributed by atoms with E-state index in [4.69, 9.17) is 9.47 Å². The summed E-state index contributed by atoms with van der Waals surface area (Å²) in [4.78, 5) is 44.2. The molecule has 4 heterocycles. The first kappa shape index (κ1) is 28.1. The van der Waals surface area contributed by atoms with E-state index >= 15 is 0 Å². The SMILES string of the molecule is CCOc1cnc(NC(=O)N(C)[C@H]2CN(c3nccc(NC(=O)O[C@H]4CCN[C@H](C)C4)n3)CCC2(F)F)cn1. The fourth-order valence-corrected chi connectivity index (χ4v) is 4.46. The van der Waals surface area contributed by atoms with Gasteiger partial charge in [-0.05, 0) is 39.3 Å². The molecule has 3 N–H and O–H groups in total. The molecule has 13 nitrogen and oxygen atoms in total. The number of ether oxygens (including phenoxy) is 2. The van der Waals surface area contributed by atoms with E-state index in [0.29, 0.717) is 19.4 Å². The van der Waals surface area contributed by atoms with Crippen LogP contribution in [0.5, 0.6) is 5.88 Å². The summed E-state index contributed by atoms with van der Waals surface area (Å²) in [6.45, 7) is 4.71. The van der Waals surface area contributed by atoms with Crippen LogP contribution in [0.4, 0.5) is 36.0 Å².